The van der Waals surface area contributed by atoms with Crippen molar-refractivity contribution in [1.82, 2.24) is 29.4 Å². The smallest absolute Gasteiger partial charge is 0.409 e. The van der Waals surface area contributed by atoms with Gasteiger partial charge in [-0.3, -0.25) is 19.0 Å². The highest BCUT2D eigenvalue weighted by molar-refractivity contribution is 6.04. The molecule has 1 aliphatic heterocycles. The van der Waals surface area contributed by atoms with E-state index in [1.165, 1.54) is 0 Å². The summed E-state index contributed by atoms with van der Waals surface area (Å²) in [6.45, 7) is 12.0. The van der Waals surface area contributed by atoms with Crippen molar-refractivity contribution in [1.29, 1.82) is 0 Å². The number of nitrogens with one attached hydrogen (secondary N) is 1. The topological polar surface area (TPSA) is 115 Å². The van der Waals surface area contributed by atoms with Gasteiger partial charge < -0.3 is 19.9 Å². The Morgan fingerprint density at radius 3 is 2.26 bits per heavy atom. The molecule has 0 spiro atoms. The first-order chi connectivity index (χ1) is 18.2. The van der Waals surface area contributed by atoms with Crippen molar-refractivity contribution in [2.75, 3.05) is 38.1 Å². The predicted octanol–water partition coefficient (Wildman–Crippen LogP) is 3.17. The third-order valence-electron chi connectivity index (χ3n) is 6.69. The Kier molecular flexibility index (Phi) is 8.13. The second kappa shape index (κ2) is 11.5. The van der Waals surface area contributed by atoms with E-state index in [2.05, 4.69) is 15.5 Å². The first kappa shape index (κ1) is 26.9. The molecule has 3 heterocycles. The quantitative estimate of drug-likeness (QED) is 0.511. The van der Waals surface area contributed by atoms with E-state index in [0.717, 1.165) is 17.0 Å². The normalized spacial score (nSPS) is 14.3. The van der Waals surface area contributed by atoms with Gasteiger partial charge in [0.15, 0.2) is 0 Å². The number of anilines is 1. The zero-order valence-corrected chi connectivity index (χ0v) is 22.6. The van der Waals surface area contributed by atoms with Gasteiger partial charge in [-0.05, 0) is 58.4 Å². The van der Waals surface area contributed by atoms with E-state index in [-0.39, 0.29) is 17.9 Å². The Morgan fingerprint density at radius 1 is 1.00 bits per heavy atom. The molecule has 0 bridgehead atoms. The maximum atomic E-state index is 13.1. The van der Waals surface area contributed by atoms with Crippen LogP contribution in [-0.2, 0) is 16.1 Å². The number of benzene rings is 1. The molecule has 3 aromatic rings. The van der Waals surface area contributed by atoms with E-state index in [4.69, 9.17) is 4.74 Å². The van der Waals surface area contributed by atoms with Crippen molar-refractivity contribution in [3.8, 4) is 0 Å². The maximum absolute atomic E-state index is 13.1. The van der Waals surface area contributed by atoms with Crippen LogP contribution in [0.25, 0.3) is 0 Å². The lowest BCUT2D eigenvalue weighted by Gasteiger charge is -2.35. The largest absolute Gasteiger partial charge is 0.450 e. The molecule has 3 amide bonds. The average Bonchev–Trinajstić information content (AvgIpc) is 3.43. The summed E-state index contributed by atoms with van der Waals surface area (Å²) in [5, 5.41) is 11.9. The van der Waals surface area contributed by atoms with Crippen molar-refractivity contribution >= 4 is 23.6 Å². The molecule has 1 saturated heterocycles. The van der Waals surface area contributed by atoms with E-state index < -0.39 is 6.04 Å². The van der Waals surface area contributed by atoms with Crippen molar-refractivity contribution < 1.29 is 19.1 Å². The maximum Gasteiger partial charge on any atom is 0.409 e. The number of piperazine rings is 1. The zero-order valence-electron chi connectivity index (χ0n) is 22.6. The molecule has 11 nitrogen and oxygen atoms in total. The minimum absolute atomic E-state index is 0.0907. The molecule has 1 aromatic carbocycles. The van der Waals surface area contributed by atoms with Gasteiger partial charge in [-0.1, -0.05) is 12.1 Å². The van der Waals surface area contributed by atoms with Crippen LogP contribution in [0.4, 0.5) is 10.5 Å². The van der Waals surface area contributed by atoms with Crippen LogP contribution in [0.2, 0.25) is 0 Å². The Hall–Kier alpha value is -4.15. The second-order valence-electron chi connectivity index (χ2n) is 9.53. The summed E-state index contributed by atoms with van der Waals surface area (Å²) in [4.78, 5) is 41.2. The minimum atomic E-state index is -0.554. The number of rotatable bonds is 7. The molecule has 1 aliphatic rings. The first-order valence-corrected chi connectivity index (χ1v) is 12.8. The highest BCUT2D eigenvalue weighted by Gasteiger charge is 2.29. The van der Waals surface area contributed by atoms with Crippen LogP contribution in [0.3, 0.4) is 0 Å². The molecule has 1 fully saturated rings. The fourth-order valence-corrected chi connectivity index (χ4v) is 4.47. The third-order valence-corrected chi connectivity index (χ3v) is 6.69. The SMILES string of the molecule is CCOC(=O)N1CCN(C(=O)C(C)n2cc(NC(=O)c3ccc(Cn4nc(C)cc4C)cc3)c(C)n2)CC1. The van der Waals surface area contributed by atoms with E-state index in [0.29, 0.717) is 56.3 Å². The lowest BCUT2D eigenvalue weighted by atomic mass is 10.1. The van der Waals surface area contributed by atoms with Crippen LogP contribution in [0, 0.1) is 20.8 Å². The standard InChI is InChI=1S/C27H35N7O4/c1-6-38-27(37)32-13-11-31(12-14-32)26(36)21(5)34-17-24(20(4)30-34)28-25(35)23-9-7-22(8-10-23)16-33-19(3)15-18(2)29-33/h7-10,15,17,21H,6,11-14,16H2,1-5H3,(H,28,35). The van der Waals surface area contributed by atoms with Crippen LogP contribution in [0.5, 0.6) is 0 Å². The average molecular weight is 522 g/mol. The van der Waals surface area contributed by atoms with Crippen molar-refractivity contribution in [3.05, 3.63) is 64.7 Å². The Balaban J connectivity index is 1.35. The van der Waals surface area contributed by atoms with Crippen molar-refractivity contribution in [2.45, 2.75) is 47.2 Å². The van der Waals surface area contributed by atoms with Gasteiger partial charge in [0.25, 0.3) is 5.91 Å². The molecule has 38 heavy (non-hydrogen) atoms. The van der Waals surface area contributed by atoms with Crippen molar-refractivity contribution in [2.24, 2.45) is 0 Å². The molecule has 0 radical (unpaired) electrons. The zero-order chi connectivity index (χ0) is 27.4. The van der Waals surface area contributed by atoms with Crippen LogP contribution >= 0.6 is 0 Å². The molecule has 11 heteroatoms. The number of nitrogens with zero attached hydrogens (tertiary/aromatic N) is 6. The molecule has 1 unspecified atom stereocenters. The van der Waals surface area contributed by atoms with Gasteiger partial charge in [0.2, 0.25) is 5.91 Å². The molecule has 1 atom stereocenters. The highest BCUT2D eigenvalue weighted by atomic mass is 16.6. The van der Waals surface area contributed by atoms with Crippen molar-refractivity contribution in [3.63, 3.8) is 0 Å². The number of carbonyl (C=O) groups excluding carboxylic acids is 3. The molecular formula is C27H35N7O4. The summed E-state index contributed by atoms with van der Waals surface area (Å²) in [5.74, 6) is -0.341. The first-order valence-electron chi connectivity index (χ1n) is 12.8. The number of amides is 3. The summed E-state index contributed by atoms with van der Waals surface area (Å²) in [5.41, 5.74) is 4.80. The summed E-state index contributed by atoms with van der Waals surface area (Å²) in [6, 6.07) is 8.90. The molecule has 0 aliphatic carbocycles. The van der Waals surface area contributed by atoms with Crippen LogP contribution < -0.4 is 5.32 Å². The van der Waals surface area contributed by atoms with E-state index >= 15 is 0 Å². The summed E-state index contributed by atoms with van der Waals surface area (Å²) < 4.78 is 8.55. The molecular weight excluding hydrogens is 486 g/mol. The van der Waals surface area contributed by atoms with Gasteiger partial charge in [0.1, 0.15) is 6.04 Å². The van der Waals surface area contributed by atoms with Crippen LogP contribution in [-0.4, -0.2) is 80.1 Å². The highest BCUT2D eigenvalue weighted by Crippen LogP contribution is 2.20. The molecule has 0 saturated carbocycles. The monoisotopic (exact) mass is 521 g/mol. The summed E-state index contributed by atoms with van der Waals surface area (Å²) in [6.07, 6.45) is 1.33. The van der Waals surface area contributed by atoms with E-state index in [9.17, 15) is 14.4 Å². The molecule has 2 aromatic heterocycles. The molecule has 202 valence electrons. The summed E-state index contributed by atoms with van der Waals surface area (Å²) in [7, 11) is 0. The number of hydrogen-bond acceptors (Lipinski definition) is 6. The lowest BCUT2D eigenvalue weighted by molar-refractivity contribution is -0.136. The van der Waals surface area contributed by atoms with Gasteiger partial charge in [0, 0.05) is 43.6 Å². The van der Waals surface area contributed by atoms with Gasteiger partial charge in [-0.25, -0.2) is 4.79 Å². The number of aryl methyl sites for hydroxylation is 3. The fourth-order valence-electron chi connectivity index (χ4n) is 4.47. The lowest BCUT2D eigenvalue weighted by Crippen LogP contribution is -2.52. The molecule has 1 N–H and O–H groups in total. The Morgan fingerprint density at radius 2 is 1.66 bits per heavy atom. The summed E-state index contributed by atoms with van der Waals surface area (Å²) >= 11 is 0. The number of hydrogen-bond donors (Lipinski definition) is 1. The number of aromatic nitrogens is 4. The van der Waals surface area contributed by atoms with Gasteiger partial charge in [0.05, 0.1) is 30.2 Å². The Bertz CT molecular complexity index is 1300. The van der Waals surface area contributed by atoms with Crippen LogP contribution in [0.1, 0.15) is 52.9 Å². The third kappa shape index (κ3) is 6.04. The fraction of sp³-hybridized carbons (Fsp3) is 0.444. The molecule has 4 rings (SSSR count). The number of ether oxygens (including phenoxy) is 1. The van der Waals surface area contributed by atoms with Gasteiger partial charge in [-0.2, -0.15) is 10.2 Å². The minimum Gasteiger partial charge on any atom is -0.450 e. The van der Waals surface area contributed by atoms with E-state index in [1.54, 1.807) is 53.6 Å². The predicted molar refractivity (Wildman–Crippen MR) is 142 cm³/mol. The Labute approximate surface area is 222 Å². The number of carbonyl (C=O) groups is 3. The second-order valence-corrected chi connectivity index (χ2v) is 9.53. The van der Waals surface area contributed by atoms with E-state index in [1.807, 2.05) is 36.7 Å². The van der Waals surface area contributed by atoms with Crippen LogP contribution in [0.15, 0.2) is 36.5 Å². The van der Waals surface area contributed by atoms with Gasteiger partial charge >= 0.3 is 6.09 Å². The van der Waals surface area contributed by atoms with Gasteiger partial charge in [-0.15, -0.1) is 0 Å².